The van der Waals surface area contributed by atoms with Gasteiger partial charge in [0, 0.05) is 24.0 Å². The third-order valence-corrected chi connectivity index (χ3v) is 3.84. The molecule has 0 aliphatic heterocycles. The van der Waals surface area contributed by atoms with Crippen molar-refractivity contribution in [2.24, 2.45) is 0 Å². The first-order chi connectivity index (χ1) is 8.72. The van der Waals surface area contributed by atoms with Gasteiger partial charge in [0.1, 0.15) is 0 Å². The highest BCUT2D eigenvalue weighted by molar-refractivity contribution is 6.17. The van der Waals surface area contributed by atoms with Crippen LogP contribution in [-0.4, -0.2) is 23.4 Å². The third kappa shape index (κ3) is 3.21. The van der Waals surface area contributed by atoms with E-state index in [9.17, 15) is 8.78 Å². The molecule has 1 aliphatic rings. The average Bonchev–Trinajstić information content (AvgIpc) is 2.29. The number of halogens is 3. The van der Waals surface area contributed by atoms with Crippen molar-refractivity contribution in [3.8, 4) is 0 Å². The molecule has 0 aromatic heterocycles. The molecule has 1 saturated carbocycles. The number of alkyl halides is 1. The molecule has 1 fully saturated rings. The van der Waals surface area contributed by atoms with E-state index in [1.165, 1.54) is 6.42 Å². The van der Waals surface area contributed by atoms with Gasteiger partial charge in [-0.25, -0.2) is 8.78 Å². The summed E-state index contributed by atoms with van der Waals surface area (Å²) in [5.41, 5.74) is 0.441. The first kappa shape index (κ1) is 13.8. The quantitative estimate of drug-likeness (QED) is 0.710. The Kier molecular flexibility index (Phi) is 4.95. The van der Waals surface area contributed by atoms with Gasteiger partial charge in [-0.3, -0.25) is 4.90 Å². The van der Waals surface area contributed by atoms with Gasteiger partial charge in [0.2, 0.25) is 0 Å². The minimum Gasteiger partial charge on any atom is -0.296 e. The van der Waals surface area contributed by atoms with Crippen molar-refractivity contribution in [3.63, 3.8) is 0 Å². The Labute approximate surface area is 112 Å². The molecule has 1 nitrogen and oxygen atoms in total. The van der Waals surface area contributed by atoms with Crippen molar-refractivity contribution in [2.75, 3.05) is 12.4 Å². The smallest absolute Gasteiger partial charge is 0.163 e. The van der Waals surface area contributed by atoms with Gasteiger partial charge in [-0.05, 0) is 31.9 Å². The number of rotatable bonds is 6. The van der Waals surface area contributed by atoms with Crippen molar-refractivity contribution >= 4 is 11.6 Å². The molecule has 18 heavy (non-hydrogen) atoms. The predicted molar refractivity (Wildman–Crippen MR) is 69.7 cm³/mol. The van der Waals surface area contributed by atoms with E-state index < -0.39 is 11.6 Å². The van der Waals surface area contributed by atoms with Gasteiger partial charge in [0.25, 0.3) is 0 Å². The molecular weight excluding hydrogens is 256 g/mol. The van der Waals surface area contributed by atoms with Crippen LogP contribution in [0.15, 0.2) is 18.2 Å². The summed E-state index contributed by atoms with van der Waals surface area (Å²) in [5, 5.41) is 0. The second-order valence-electron chi connectivity index (χ2n) is 4.81. The number of benzene rings is 1. The van der Waals surface area contributed by atoms with E-state index in [4.69, 9.17) is 11.6 Å². The fourth-order valence-corrected chi connectivity index (χ4v) is 2.41. The summed E-state index contributed by atoms with van der Waals surface area (Å²) in [6.07, 6.45) is 4.42. The van der Waals surface area contributed by atoms with Crippen molar-refractivity contribution in [1.82, 2.24) is 4.90 Å². The monoisotopic (exact) mass is 273 g/mol. The summed E-state index contributed by atoms with van der Waals surface area (Å²) in [6, 6.07) is 4.89. The second kappa shape index (κ2) is 6.48. The van der Waals surface area contributed by atoms with Crippen LogP contribution in [-0.2, 0) is 6.54 Å². The van der Waals surface area contributed by atoms with Crippen LogP contribution < -0.4 is 0 Å². The van der Waals surface area contributed by atoms with Crippen molar-refractivity contribution in [3.05, 3.63) is 35.4 Å². The molecule has 0 radical (unpaired) electrons. The fourth-order valence-electron chi connectivity index (χ4n) is 2.29. The Morgan fingerprint density at radius 3 is 2.67 bits per heavy atom. The first-order valence-electron chi connectivity index (χ1n) is 6.45. The van der Waals surface area contributed by atoms with Gasteiger partial charge in [-0.1, -0.05) is 18.6 Å². The number of hydrogen-bond acceptors (Lipinski definition) is 1. The molecule has 0 saturated heterocycles. The molecule has 0 atom stereocenters. The summed E-state index contributed by atoms with van der Waals surface area (Å²) < 4.78 is 26.8. The highest BCUT2D eigenvalue weighted by atomic mass is 35.5. The number of nitrogens with zero attached hydrogens (tertiary/aromatic N) is 1. The molecule has 0 unspecified atom stereocenters. The standard InChI is InChI=1S/C14H18ClF2N/c15-8-3-9-18(12-5-2-6-12)10-11-4-1-7-13(16)14(11)17/h1,4,7,12H,2-3,5-6,8-10H2. The molecule has 100 valence electrons. The van der Waals surface area contributed by atoms with E-state index in [0.29, 0.717) is 24.0 Å². The maximum Gasteiger partial charge on any atom is 0.163 e. The highest BCUT2D eigenvalue weighted by Crippen LogP contribution is 2.27. The van der Waals surface area contributed by atoms with Crippen LogP contribution >= 0.6 is 11.6 Å². The van der Waals surface area contributed by atoms with E-state index in [1.807, 2.05) is 0 Å². The summed E-state index contributed by atoms with van der Waals surface area (Å²) in [7, 11) is 0. The normalized spacial score (nSPS) is 16.0. The molecule has 4 heteroatoms. The van der Waals surface area contributed by atoms with Crippen LogP contribution in [0.1, 0.15) is 31.2 Å². The zero-order valence-electron chi connectivity index (χ0n) is 10.3. The lowest BCUT2D eigenvalue weighted by Crippen LogP contribution is -2.40. The van der Waals surface area contributed by atoms with E-state index >= 15 is 0 Å². The Hall–Kier alpha value is -0.670. The van der Waals surface area contributed by atoms with Crippen LogP contribution in [0.3, 0.4) is 0 Å². The van der Waals surface area contributed by atoms with Crippen LogP contribution in [0, 0.1) is 11.6 Å². The fraction of sp³-hybridized carbons (Fsp3) is 0.571. The van der Waals surface area contributed by atoms with Gasteiger partial charge in [-0.2, -0.15) is 0 Å². The second-order valence-corrected chi connectivity index (χ2v) is 5.19. The van der Waals surface area contributed by atoms with E-state index in [2.05, 4.69) is 4.90 Å². The van der Waals surface area contributed by atoms with Crippen LogP contribution in [0.2, 0.25) is 0 Å². The molecule has 1 aromatic carbocycles. The Morgan fingerprint density at radius 2 is 2.06 bits per heavy atom. The van der Waals surface area contributed by atoms with Crippen molar-refractivity contribution in [1.29, 1.82) is 0 Å². The molecule has 0 bridgehead atoms. The summed E-state index contributed by atoms with van der Waals surface area (Å²) in [5.74, 6) is -0.874. The summed E-state index contributed by atoms with van der Waals surface area (Å²) in [4.78, 5) is 2.23. The summed E-state index contributed by atoms with van der Waals surface area (Å²) >= 11 is 5.71. The molecule has 0 amide bonds. The molecule has 0 heterocycles. The maximum atomic E-state index is 13.6. The van der Waals surface area contributed by atoms with Crippen LogP contribution in [0.25, 0.3) is 0 Å². The zero-order chi connectivity index (χ0) is 13.0. The lowest BCUT2D eigenvalue weighted by molar-refractivity contribution is 0.118. The molecule has 0 N–H and O–H groups in total. The Bertz CT molecular complexity index is 393. The molecular formula is C14H18ClF2N. The van der Waals surface area contributed by atoms with E-state index in [0.717, 1.165) is 31.9 Å². The van der Waals surface area contributed by atoms with Gasteiger partial charge in [-0.15, -0.1) is 11.6 Å². The zero-order valence-corrected chi connectivity index (χ0v) is 11.1. The SMILES string of the molecule is Fc1cccc(CN(CCCCl)C2CCC2)c1F. The van der Waals surface area contributed by atoms with Crippen LogP contribution in [0.4, 0.5) is 8.78 Å². The van der Waals surface area contributed by atoms with Gasteiger partial charge in [0.15, 0.2) is 11.6 Å². The van der Waals surface area contributed by atoms with Crippen molar-refractivity contribution < 1.29 is 8.78 Å². The van der Waals surface area contributed by atoms with Crippen molar-refractivity contribution in [2.45, 2.75) is 38.3 Å². The topological polar surface area (TPSA) is 3.24 Å². The summed E-state index contributed by atoms with van der Waals surface area (Å²) in [6.45, 7) is 1.33. The van der Waals surface area contributed by atoms with Gasteiger partial charge in [0.05, 0.1) is 0 Å². The largest absolute Gasteiger partial charge is 0.296 e. The minimum atomic E-state index is -0.765. The molecule has 2 rings (SSSR count). The lowest BCUT2D eigenvalue weighted by Gasteiger charge is -2.37. The minimum absolute atomic E-state index is 0.441. The maximum absolute atomic E-state index is 13.6. The predicted octanol–water partition coefficient (Wildman–Crippen LogP) is 3.95. The first-order valence-corrected chi connectivity index (χ1v) is 6.98. The van der Waals surface area contributed by atoms with Crippen LogP contribution in [0.5, 0.6) is 0 Å². The lowest BCUT2D eigenvalue weighted by atomic mass is 9.91. The van der Waals surface area contributed by atoms with E-state index in [1.54, 1.807) is 12.1 Å². The average molecular weight is 274 g/mol. The molecule has 1 aromatic rings. The Balaban J connectivity index is 2.04. The number of hydrogen-bond donors (Lipinski definition) is 0. The molecule has 0 spiro atoms. The van der Waals surface area contributed by atoms with E-state index in [-0.39, 0.29) is 0 Å². The highest BCUT2D eigenvalue weighted by Gasteiger charge is 2.25. The van der Waals surface area contributed by atoms with Gasteiger partial charge < -0.3 is 0 Å². The third-order valence-electron chi connectivity index (χ3n) is 3.58. The molecule has 1 aliphatic carbocycles. The van der Waals surface area contributed by atoms with Gasteiger partial charge >= 0.3 is 0 Å². The Morgan fingerprint density at radius 1 is 1.28 bits per heavy atom.